The van der Waals surface area contributed by atoms with Crippen molar-refractivity contribution in [3.05, 3.63) is 47.8 Å². The summed E-state index contributed by atoms with van der Waals surface area (Å²) in [5.74, 6) is 0.634. The molecule has 1 aliphatic rings. The summed E-state index contributed by atoms with van der Waals surface area (Å²) >= 11 is 0. The molecule has 0 atom stereocenters. The normalized spacial score (nSPS) is 16.1. The molecule has 102 valence electrons. The van der Waals surface area contributed by atoms with Gasteiger partial charge in [0.1, 0.15) is 0 Å². The standard InChI is InChI=1S/C15H19N3.ClH/c1-12-2-4-14(5-3-12)18-15(8-11-17-18)13-6-9-16-10-7-13;/h2-5,8,11,13,16H,6-7,9-10H2,1H3;1H. The summed E-state index contributed by atoms with van der Waals surface area (Å²) in [6.45, 7) is 4.34. The number of nitrogens with one attached hydrogen (secondary N) is 1. The number of aryl methyl sites for hydroxylation is 1. The zero-order chi connectivity index (χ0) is 12.4. The van der Waals surface area contributed by atoms with Crippen LogP contribution in [0.3, 0.4) is 0 Å². The number of aromatic nitrogens is 2. The van der Waals surface area contributed by atoms with Crippen LogP contribution in [0.15, 0.2) is 36.5 Å². The van der Waals surface area contributed by atoms with E-state index in [-0.39, 0.29) is 12.4 Å². The van der Waals surface area contributed by atoms with Crippen LogP contribution in [0.4, 0.5) is 0 Å². The van der Waals surface area contributed by atoms with Gasteiger partial charge in [-0.05, 0) is 51.1 Å². The summed E-state index contributed by atoms with van der Waals surface area (Å²) < 4.78 is 2.09. The molecule has 1 fully saturated rings. The fraction of sp³-hybridized carbons (Fsp3) is 0.400. The van der Waals surface area contributed by atoms with Gasteiger partial charge in [-0.3, -0.25) is 0 Å². The molecule has 0 amide bonds. The van der Waals surface area contributed by atoms with Crippen molar-refractivity contribution >= 4 is 12.4 Å². The van der Waals surface area contributed by atoms with Gasteiger partial charge in [-0.25, -0.2) is 4.68 Å². The molecule has 19 heavy (non-hydrogen) atoms. The van der Waals surface area contributed by atoms with Gasteiger partial charge in [0.05, 0.1) is 5.69 Å². The van der Waals surface area contributed by atoms with Crippen molar-refractivity contribution in [3.63, 3.8) is 0 Å². The van der Waals surface area contributed by atoms with Gasteiger partial charge < -0.3 is 5.32 Å². The molecule has 3 rings (SSSR count). The van der Waals surface area contributed by atoms with Crippen LogP contribution in [0.1, 0.15) is 30.0 Å². The Bertz CT molecular complexity index is 512. The van der Waals surface area contributed by atoms with Gasteiger partial charge in [0.25, 0.3) is 0 Å². The molecule has 2 aromatic rings. The molecule has 1 aliphatic heterocycles. The maximum atomic E-state index is 4.49. The second kappa shape index (κ2) is 6.22. The van der Waals surface area contributed by atoms with Crippen molar-refractivity contribution in [1.29, 1.82) is 0 Å². The second-order valence-corrected chi connectivity index (χ2v) is 5.03. The van der Waals surface area contributed by atoms with E-state index in [1.54, 1.807) is 0 Å². The zero-order valence-corrected chi connectivity index (χ0v) is 12.0. The lowest BCUT2D eigenvalue weighted by atomic mass is 9.94. The summed E-state index contributed by atoms with van der Waals surface area (Å²) in [7, 11) is 0. The van der Waals surface area contributed by atoms with Gasteiger partial charge in [0, 0.05) is 17.8 Å². The number of piperidine rings is 1. The lowest BCUT2D eigenvalue weighted by molar-refractivity contribution is 0.446. The largest absolute Gasteiger partial charge is 0.317 e. The third kappa shape index (κ3) is 2.99. The lowest BCUT2D eigenvalue weighted by Crippen LogP contribution is -2.27. The number of hydrogen-bond donors (Lipinski definition) is 1. The van der Waals surface area contributed by atoms with Gasteiger partial charge in [-0.1, -0.05) is 17.7 Å². The Labute approximate surface area is 120 Å². The van der Waals surface area contributed by atoms with Crippen LogP contribution < -0.4 is 5.32 Å². The molecule has 0 aliphatic carbocycles. The first-order valence-electron chi connectivity index (χ1n) is 6.66. The molecule has 1 aromatic carbocycles. The monoisotopic (exact) mass is 277 g/mol. The summed E-state index contributed by atoms with van der Waals surface area (Å²) in [6.07, 6.45) is 4.33. The highest BCUT2D eigenvalue weighted by Crippen LogP contribution is 2.26. The minimum absolute atomic E-state index is 0. The average Bonchev–Trinajstić information content (AvgIpc) is 2.90. The zero-order valence-electron chi connectivity index (χ0n) is 11.2. The molecular formula is C15H20ClN3. The van der Waals surface area contributed by atoms with Crippen LogP contribution >= 0.6 is 12.4 Å². The number of benzene rings is 1. The molecule has 1 aromatic heterocycles. The minimum atomic E-state index is 0. The molecule has 3 nitrogen and oxygen atoms in total. The maximum absolute atomic E-state index is 4.49. The van der Waals surface area contributed by atoms with Crippen LogP contribution in [0, 0.1) is 6.92 Å². The van der Waals surface area contributed by atoms with E-state index < -0.39 is 0 Å². The fourth-order valence-corrected chi connectivity index (χ4v) is 2.64. The van der Waals surface area contributed by atoms with E-state index in [0.717, 1.165) is 13.1 Å². The van der Waals surface area contributed by atoms with Gasteiger partial charge in [-0.15, -0.1) is 12.4 Å². The Kier molecular flexibility index (Phi) is 4.61. The Morgan fingerprint density at radius 1 is 1.11 bits per heavy atom. The maximum Gasteiger partial charge on any atom is 0.0649 e. The quantitative estimate of drug-likeness (QED) is 0.914. The summed E-state index contributed by atoms with van der Waals surface area (Å²) in [5.41, 5.74) is 3.80. The Hall–Kier alpha value is -1.32. The predicted molar refractivity (Wildman–Crippen MR) is 80.4 cm³/mol. The molecule has 0 saturated carbocycles. The number of halogens is 1. The van der Waals surface area contributed by atoms with Crippen LogP contribution in [-0.2, 0) is 0 Å². The van der Waals surface area contributed by atoms with Crippen molar-refractivity contribution in [1.82, 2.24) is 15.1 Å². The minimum Gasteiger partial charge on any atom is -0.317 e. The second-order valence-electron chi connectivity index (χ2n) is 5.03. The van der Waals surface area contributed by atoms with E-state index in [2.05, 4.69) is 52.4 Å². The molecule has 0 radical (unpaired) electrons. The molecule has 1 N–H and O–H groups in total. The smallest absolute Gasteiger partial charge is 0.0649 e. The van der Waals surface area contributed by atoms with Gasteiger partial charge in [0.2, 0.25) is 0 Å². The van der Waals surface area contributed by atoms with Crippen molar-refractivity contribution in [2.75, 3.05) is 13.1 Å². The molecule has 0 spiro atoms. The summed E-state index contributed by atoms with van der Waals surface area (Å²) in [6, 6.07) is 10.7. The Morgan fingerprint density at radius 2 is 1.79 bits per heavy atom. The molecule has 0 unspecified atom stereocenters. The highest BCUT2D eigenvalue weighted by molar-refractivity contribution is 5.85. The average molecular weight is 278 g/mol. The van der Waals surface area contributed by atoms with Crippen molar-refractivity contribution < 1.29 is 0 Å². The van der Waals surface area contributed by atoms with Crippen LogP contribution in [-0.4, -0.2) is 22.9 Å². The summed E-state index contributed by atoms with van der Waals surface area (Å²) in [4.78, 5) is 0. The van der Waals surface area contributed by atoms with E-state index in [1.165, 1.54) is 29.8 Å². The SMILES string of the molecule is Cc1ccc(-n2nccc2C2CCNCC2)cc1.Cl. The van der Waals surface area contributed by atoms with Crippen molar-refractivity contribution in [2.45, 2.75) is 25.7 Å². The topological polar surface area (TPSA) is 29.9 Å². The van der Waals surface area contributed by atoms with Gasteiger partial charge in [0.15, 0.2) is 0 Å². The lowest BCUT2D eigenvalue weighted by Gasteiger charge is -2.23. The third-order valence-corrected chi connectivity index (χ3v) is 3.71. The Balaban J connectivity index is 0.00000133. The molecule has 2 heterocycles. The van der Waals surface area contributed by atoms with Crippen molar-refractivity contribution in [2.24, 2.45) is 0 Å². The third-order valence-electron chi connectivity index (χ3n) is 3.71. The van der Waals surface area contributed by atoms with Crippen LogP contribution in [0.5, 0.6) is 0 Å². The van der Waals surface area contributed by atoms with E-state index in [4.69, 9.17) is 0 Å². The molecule has 1 saturated heterocycles. The van der Waals surface area contributed by atoms with Crippen LogP contribution in [0.25, 0.3) is 5.69 Å². The van der Waals surface area contributed by atoms with Crippen LogP contribution in [0.2, 0.25) is 0 Å². The first-order chi connectivity index (χ1) is 8.84. The highest BCUT2D eigenvalue weighted by Gasteiger charge is 2.19. The molecule has 4 heteroatoms. The molecular weight excluding hydrogens is 258 g/mol. The van der Waals surface area contributed by atoms with Crippen molar-refractivity contribution in [3.8, 4) is 5.69 Å². The fourth-order valence-electron chi connectivity index (χ4n) is 2.64. The Morgan fingerprint density at radius 3 is 2.47 bits per heavy atom. The highest BCUT2D eigenvalue weighted by atomic mass is 35.5. The van der Waals surface area contributed by atoms with E-state index in [9.17, 15) is 0 Å². The number of rotatable bonds is 2. The first kappa shape index (κ1) is 14.1. The van der Waals surface area contributed by atoms with Gasteiger partial charge in [-0.2, -0.15) is 5.10 Å². The van der Waals surface area contributed by atoms with Gasteiger partial charge >= 0.3 is 0 Å². The molecule has 0 bridgehead atoms. The predicted octanol–water partition coefficient (Wildman–Crippen LogP) is 3.07. The first-order valence-corrected chi connectivity index (χ1v) is 6.66. The van der Waals surface area contributed by atoms with E-state index >= 15 is 0 Å². The summed E-state index contributed by atoms with van der Waals surface area (Å²) in [5, 5.41) is 7.90. The van der Waals surface area contributed by atoms with E-state index in [0.29, 0.717) is 5.92 Å². The number of nitrogens with zero attached hydrogens (tertiary/aromatic N) is 2. The number of hydrogen-bond acceptors (Lipinski definition) is 2. The van der Waals surface area contributed by atoms with E-state index in [1.807, 2.05) is 6.20 Å².